The van der Waals surface area contributed by atoms with Crippen molar-refractivity contribution in [1.29, 1.82) is 0 Å². The summed E-state index contributed by atoms with van der Waals surface area (Å²) in [7, 11) is 0. The molecule has 4 rings (SSSR count). The summed E-state index contributed by atoms with van der Waals surface area (Å²) in [5.74, 6) is -0.842. The zero-order chi connectivity index (χ0) is 20.9. The molecular weight excluding hydrogens is 453 g/mol. The van der Waals surface area contributed by atoms with Crippen LogP contribution in [0.1, 0.15) is 20.0 Å². The van der Waals surface area contributed by atoms with Gasteiger partial charge in [-0.05, 0) is 44.2 Å². The van der Waals surface area contributed by atoms with Crippen LogP contribution in [0.5, 0.6) is 0 Å². The number of thiocarbonyl (C=S) groups is 1. The molecule has 1 aliphatic heterocycles. The number of aromatic nitrogens is 2. The van der Waals surface area contributed by atoms with E-state index in [9.17, 15) is 9.59 Å². The van der Waals surface area contributed by atoms with Crippen molar-refractivity contribution < 1.29 is 4.52 Å². The van der Waals surface area contributed by atoms with Gasteiger partial charge in [0.25, 0.3) is 0 Å². The van der Waals surface area contributed by atoms with E-state index in [0.29, 0.717) is 9.34 Å². The molecule has 1 fully saturated rings. The van der Waals surface area contributed by atoms with Gasteiger partial charge in [-0.1, -0.05) is 65.4 Å². The third-order valence-corrected chi connectivity index (χ3v) is 6.65. The van der Waals surface area contributed by atoms with E-state index in [0.717, 1.165) is 15.0 Å². The van der Waals surface area contributed by atoms with Crippen LogP contribution in [0.15, 0.2) is 62.6 Å². The van der Waals surface area contributed by atoms with Crippen LogP contribution in [0, 0.1) is 0 Å². The predicted octanol–water partition coefficient (Wildman–Crippen LogP) is 4.71. The lowest BCUT2D eigenvalue weighted by Gasteiger charge is -2.30. The van der Waals surface area contributed by atoms with Crippen molar-refractivity contribution >= 4 is 57.2 Å². The number of hydrogen-bond acceptors (Lipinski definition) is 5. The Kier molecular flexibility index (Phi) is 5.14. The van der Waals surface area contributed by atoms with Crippen LogP contribution in [0.2, 0.25) is 10.0 Å². The predicted molar refractivity (Wildman–Crippen MR) is 121 cm³/mol. The molecule has 1 aromatic heterocycles. The van der Waals surface area contributed by atoms with E-state index < -0.39 is 22.4 Å². The van der Waals surface area contributed by atoms with E-state index in [1.807, 2.05) is 49.1 Å². The molecule has 2 aromatic carbocycles. The minimum Gasteiger partial charge on any atom is -0.314 e. The van der Waals surface area contributed by atoms with Gasteiger partial charge in [0.1, 0.15) is 4.32 Å². The van der Waals surface area contributed by atoms with Gasteiger partial charge in [-0.2, -0.15) is 4.57 Å². The average molecular weight is 468 g/mol. The monoisotopic (exact) mass is 467 g/mol. The first kappa shape index (κ1) is 20.3. The second-order valence-corrected chi connectivity index (χ2v) is 10.1. The van der Waals surface area contributed by atoms with Crippen LogP contribution in [0.3, 0.4) is 0 Å². The summed E-state index contributed by atoms with van der Waals surface area (Å²) >= 11 is 19.1. The summed E-state index contributed by atoms with van der Waals surface area (Å²) in [4.78, 5) is 27.7. The largest absolute Gasteiger partial charge is 0.447 e. The number of nitrogens with zero attached hydrogens (tertiary/aromatic N) is 3. The van der Waals surface area contributed by atoms with Gasteiger partial charge in [-0.15, -0.1) is 4.74 Å². The van der Waals surface area contributed by atoms with Gasteiger partial charge in [-0.3, -0.25) is 0 Å². The lowest BCUT2D eigenvalue weighted by molar-refractivity contribution is 0.182. The fourth-order valence-corrected chi connectivity index (χ4v) is 5.72. The van der Waals surface area contributed by atoms with Gasteiger partial charge < -0.3 is 9.42 Å². The highest BCUT2D eigenvalue weighted by Gasteiger charge is 2.49. The van der Waals surface area contributed by atoms with E-state index in [2.05, 4.69) is 0 Å². The second-order valence-electron chi connectivity index (χ2n) is 6.95. The summed E-state index contributed by atoms with van der Waals surface area (Å²) in [5, 5.41) is 0.560. The number of rotatable bonds is 3. The maximum Gasteiger partial charge on any atom is 0.447 e. The summed E-state index contributed by atoms with van der Waals surface area (Å²) < 4.78 is 7.41. The Hall–Kier alpha value is -2.00. The van der Waals surface area contributed by atoms with Gasteiger partial charge in [0.05, 0.1) is 15.5 Å². The molecule has 1 unspecified atom stereocenters. The van der Waals surface area contributed by atoms with Gasteiger partial charge in [0, 0.05) is 10.7 Å². The van der Waals surface area contributed by atoms with E-state index in [1.165, 1.54) is 23.9 Å². The Balaban J connectivity index is 1.91. The van der Waals surface area contributed by atoms with Crippen LogP contribution >= 0.6 is 47.2 Å². The minimum absolute atomic E-state index is 0.167. The van der Waals surface area contributed by atoms with E-state index in [-0.39, 0.29) is 10.7 Å². The first-order valence-corrected chi connectivity index (χ1v) is 10.6. The van der Waals surface area contributed by atoms with Crippen molar-refractivity contribution in [3.8, 4) is 5.69 Å². The number of hydrogen-bond donors (Lipinski definition) is 0. The molecule has 0 N–H and O–H groups in total. The minimum atomic E-state index is -0.842. The van der Waals surface area contributed by atoms with Crippen molar-refractivity contribution in [2.45, 2.75) is 24.8 Å². The Labute approximate surface area is 185 Å². The Morgan fingerprint density at radius 2 is 1.79 bits per heavy atom. The van der Waals surface area contributed by atoms with Gasteiger partial charge in [0.2, 0.25) is 0 Å². The normalized spacial score (nSPS) is 18.4. The first-order valence-electron chi connectivity index (χ1n) is 8.58. The molecule has 1 saturated heterocycles. The number of para-hydroxylation sites is 1. The maximum atomic E-state index is 13.2. The molecule has 0 aliphatic carbocycles. The molecular formula is C19H15Cl2N3O3S2. The van der Waals surface area contributed by atoms with Crippen molar-refractivity contribution in [3.63, 3.8) is 0 Å². The van der Waals surface area contributed by atoms with E-state index in [1.54, 1.807) is 6.07 Å². The lowest BCUT2D eigenvalue weighted by Crippen LogP contribution is -2.42. The van der Waals surface area contributed by atoms with Gasteiger partial charge in [0.15, 0.2) is 6.17 Å². The molecule has 150 valence electrons. The van der Waals surface area contributed by atoms with Crippen LogP contribution in [0.25, 0.3) is 5.69 Å². The topological polar surface area (TPSA) is 60.4 Å². The molecule has 0 spiro atoms. The quantitative estimate of drug-likeness (QED) is 0.519. The molecule has 10 heteroatoms. The third kappa shape index (κ3) is 3.44. The maximum absolute atomic E-state index is 13.2. The fourth-order valence-electron chi connectivity index (χ4n) is 3.32. The molecule has 0 saturated carbocycles. The SMILES string of the molecule is CC1(C)SC(=S)N(c2ccccc2)C1n1oc(=O)n(-c2ccc(Cl)cc2Cl)c1=O. The molecule has 0 radical (unpaired) electrons. The van der Waals surface area contributed by atoms with Gasteiger partial charge in [-0.25, -0.2) is 9.59 Å². The van der Waals surface area contributed by atoms with Crippen LogP contribution < -0.4 is 16.3 Å². The van der Waals surface area contributed by atoms with Crippen molar-refractivity contribution in [2.75, 3.05) is 4.90 Å². The zero-order valence-electron chi connectivity index (χ0n) is 15.3. The highest BCUT2D eigenvalue weighted by atomic mass is 35.5. The number of benzene rings is 2. The summed E-state index contributed by atoms with van der Waals surface area (Å²) in [6, 6.07) is 13.9. The zero-order valence-corrected chi connectivity index (χ0v) is 18.5. The molecule has 1 atom stereocenters. The first-order chi connectivity index (χ1) is 13.7. The highest BCUT2D eigenvalue weighted by Crippen LogP contribution is 2.48. The van der Waals surface area contributed by atoms with E-state index in [4.69, 9.17) is 39.9 Å². The highest BCUT2D eigenvalue weighted by molar-refractivity contribution is 8.24. The molecule has 3 aromatic rings. The van der Waals surface area contributed by atoms with Crippen LogP contribution in [-0.2, 0) is 0 Å². The van der Waals surface area contributed by atoms with E-state index >= 15 is 0 Å². The smallest absolute Gasteiger partial charge is 0.314 e. The van der Waals surface area contributed by atoms with Crippen molar-refractivity contribution in [2.24, 2.45) is 0 Å². The number of anilines is 1. The van der Waals surface area contributed by atoms with Crippen LogP contribution in [-0.4, -0.2) is 18.4 Å². The fraction of sp³-hybridized carbons (Fsp3) is 0.211. The Morgan fingerprint density at radius 1 is 1.10 bits per heavy atom. The van der Waals surface area contributed by atoms with Gasteiger partial charge >= 0.3 is 11.4 Å². The molecule has 2 heterocycles. The lowest BCUT2D eigenvalue weighted by atomic mass is 10.1. The molecule has 1 aliphatic rings. The Bertz CT molecular complexity index is 1220. The standard InChI is InChI=1S/C19H15Cl2N3O3S2/c1-19(2)15(22(18(28)29-19)12-6-4-3-5-7-12)24-16(25)23(17(26)27-24)14-9-8-11(20)10-13(14)21/h3-10,15H,1-2H3. The summed E-state index contributed by atoms with van der Waals surface area (Å²) in [6.45, 7) is 3.88. The van der Waals surface area contributed by atoms with Crippen LogP contribution in [0.4, 0.5) is 5.69 Å². The molecule has 6 nitrogen and oxygen atoms in total. The summed E-state index contributed by atoms with van der Waals surface area (Å²) in [6.07, 6.45) is -0.644. The van der Waals surface area contributed by atoms with Crippen molar-refractivity contribution in [3.05, 3.63) is 79.6 Å². The third-order valence-electron chi connectivity index (χ3n) is 4.56. The molecule has 29 heavy (non-hydrogen) atoms. The number of halogens is 2. The van der Waals surface area contributed by atoms with Crippen molar-refractivity contribution in [1.82, 2.24) is 9.31 Å². The molecule has 0 amide bonds. The summed E-state index contributed by atoms with van der Waals surface area (Å²) in [5.41, 5.74) is 0.349. The molecule has 0 bridgehead atoms. The average Bonchev–Trinajstić information content (AvgIpc) is 3.07. The second kappa shape index (κ2) is 7.36. The Morgan fingerprint density at radius 3 is 2.45 bits per heavy atom. The number of thioether (sulfide) groups is 1.